The Labute approximate surface area is 158 Å². The van der Waals surface area contributed by atoms with Gasteiger partial charge < -0.3 is 14.8 Å². The summed E-state index contributed by atoms with van der Waals surface area (Å²) >= 11 is 0. The summed E-state index contributed by atoms with van der Waals surface area (Å²) in [6.07, 6.45) is 0.361. The van der Waals surface area contributed by atoms with Gasteiger partial charge in [-0.3, -0.25) is 9.69 Å². The second-order valence-electron chi connectivity index (χ2n) is 8.56. The van der Waals surface area contributed by atoms with Gasteiger partial charge in [-0.1, -0.05) is 32.9 Å². The van der Waals surface area contributed by atoms with E-state index in [2.05, 4.69) is 57.0 Å². The van der Waals surface area contributed by atoms with E-state index in [0.717, 1.165) is 32.1 Å². The number of carbonyl (C=O) groups is 1. The Morgan fingerprint density at radius 2 is 1.73 bits per heavy atom. The summed E-state index contributed by atoms with van der Waals surface area (Å²) in [5.74, 6) is 0.831. The van der Waals surface area contributed by atoms with Crippen LogP contribution in [-0.4, -0.2) is 55.8 Å². The molecule has 0 aromatic heterocycles. The molecule has 5 heteroatoms. The third-order valence-electron chi connectivity index (χ3n) is 4.90. The average Bonchev–Trinajstić information content (AvgIpc) is 2.60. The Balaban J connectivity index is 1.70. The summed E-state index contributed by atoms with van der Waals surface area (Å²) in [4.78, 5) is 14.5. The maximum Gasteiger partial charge on any atom is 0.223 e. The van der Waals surface area contributed by atoms with Gasteiger partial charge in [-0.2, -0.15) is 0 Å². The lowest BCUT2D eigenvalue weighted by molar-refractivity contribution is -0.122. The molecule has 1 amide bonds. The third kappa shape index (κ3) is 6.29. The fourth-order valence-electron chi connectivity index (χ4n) is 3.00. The average molecular weight is 363 g/mol. The van der Waals surface area contributed by atoms with Crippen LogP contribution in [-0.2, 0) is 14.9 Å². The van der Waals surface area contributed by atoms with Crippen molar-refractivity contribution in [2.24, 2.45) is 0 Å². The van der Waals surface area contributed by atoms with Crippen LogP contribution in [0.4, 0.5) is 0 Å². The van der Waals surface area contributed by atoms with Crippen molar-refractivity contribution in [2.75, 3.05) is 39.5 Å². The first kappa shape index (κ1) is 20.7. The molecule has 0 bridgehead atoms. The van der Waals surface area contributed by atoms with Gasteiger partial charge in [-0.15, -0.1) is 0 Å². The van der Waals surface area contributed by atoms with Crippen LogP contribution >= 0.6 is 0 Å². The Bertz CT molecular complexity index is 570. The topological polar surface area (TPSA) is 50.8 Å². The molecule has 0 radical (unpaired) electrons. The van der Waals surface area contributed by atoms with Crippen molar-refractivity contribution < 1.29 is 14.3 Å². The van der Waals surface area contributed by atoms with Crippen LogP contribution in [0.25, 0.3) is 0 Å². The summed E-state index contributed by atoms with van der Waals surface area (Å²) in [6, 6.07) is 8.11. The molecule has 1 saturated heterocycles. The van der Waals surface area contributed by atoms with Gasteiger partial charge in [0.25, 0.3) is 0 Å². The van der Waals surface area contributed by atoms with Gasteiger partial charge in [0.15, 0.2) is 0 Å². The number of carbonyl (C=O) groups excluding carboxylic acids is 1. The SMILES string of the molecule is CC(C)(C)c1ccc(OCCC(=O)NCC(C)(C)N2CCOCC2)cc1. The number of hydrogen-bond donors (Lipinski definition) is 1. The Kier molecular flexibility index (Phi) is 7.07. The smallest absolute Gasteiger partial charge is 0.223 e. The molecule has 1 aromatic rings. The molecule has 0 aliphatic carbocycles. The highest BCUT2D eigenvalue weighted by molar-refractivity contribution is 5.76. The van der Waals surface area contributed by atoms with Crippen molar-refractivity contribution in [3.63, 3.8) is 0 Å². The highest BCUT2D eigenvalue weighted by atomic mass is 16.5. The van der Waals surface area contributed by atoms with E-state index < -0.39 is 0 Å². The van der Waals surface area contributed by atoms with E-state index in [-0.39, 0.29) is 16.9 Å². The number of ether oxygens (including phenoxy) is 2. The minimum Gasteiger partial charge on any atom is -0.493 e. The Hall–Kier alpha value is -1.59. The molecule has 5 nitrogen and oxygen atoms in total. The van der Waals surface area contributed by atoms with E-state index in [9.17, 15) is 4.79 Å². The lowest BCUT2D eigenvalue weighted by Crippen LogP contribution is -2.55. The monoisotopic (exact) mass is 362 g/mol. The molecule has 0 saturated carbocycles. The molecule has 1 heterocycles. The van der Waals surface area contributed by atoms with E-state index in [0.29, 0.717) is 19.6 Å². The van der Waals surface area contributed by atoms with Crippen LogP contribution < -0.4 is 10.1 Å². The van der Waals surface area contributed by atoms with Gasteiger partial charge >= 0.3 is 0 Å². The Morgan fingerprint density at radius 3 is 2.31 bits per heavy atom. The maximum absolute atomic E-state index is 12.1. The fourth-order valence-corrected chi connectivity index (χ4v) is 3.00. The maximum atomic E-state index is 12.1. The van der Waals surface area contributed by atoms with Gasteiger partial charge in [0.05, 0.1) is 26.2 Å². The van der Waals surface area contributed by atoms with E-state index in [1.165, 1.54) is 5.56 Å². The normalized spacial score (nSPS) is 16.3. The molecule has 2 rings (SSSR count). The van der Waals surface area contributed by atoms with Crippen molar-refractivity contribution in [3.05, 3.63) is 29.8 Å². The molecule has 1 fully saturated rings. The lowest BCUT2D eigenvalue weighted by atomic mass is 9.87. The highest BCUT2D eigenvalue weighted by Crippen LogP contribution is 2.24. The first-order valence-corrected chi connectivity index (χ1v) is 9.51. The number of amides is 1. The van der Waals surface area contributed by atoms with Crippen LogP contribution in [0, 0.1) is 0 Å². The van der Waals surface area contributed by atoms with Crippen LogP contribution in [0.5, 0.6) is 5.75 Å². The van der Waals surface area contributed by atoms with Crippen LogP contribution in [0.2, 0.25) is 0 Å². The number of benzene rings is 1. The largest absolute Gasteiger partial charge is 0.493 e. The molecular formula is C21H34N2O3. The van der Waals surface area contributed by atoms with Crippen LogP contribution in [0.3, 0.4) is 0 Å². The second-order valence-corrected chi connectivity index (χ2v) is 8.56. The van der Waals surface area contributed by atoms with E-state index in [1.54, 1.807) is 0 Å². The molecular weight excluding hydrogens is 328 g/mol. The van der Waals surface area contributed by atoms with Crippen molar-refractivity contribution in [3.8, 4) is 5.75 Å². The zero-order valence-corrected chi connectivity index (χ0v) is 16.9. The molecule has 1 aromatic carbocycles. The number of morpholine rings is 1. The summed E-state index contributed by atoms with van der Waals surface area (Å²) in [5.41, 5.74) is 1.34. The minimum atomic E-state index is -0.0664. The molecule has 26 heavy (non-hydrogen) atoms. The van der Waals surface area contributed by atoms with E-state index in [1.807, 2.05) is 12.1 Å². The number of nitrogens with zero attached hydrogens (tertiary/aromatic N) is 1. The molecule has 1 aliphatic heterocycles. The van der Waals surface area contributed by atoms with Gasteiger partial charge in [0.2, 0.25) is 5.91 Å². The quantitative estimate of drug-likeness (QED) is 0.810. The number of hydrogen-bond acceptors (Lipinski definition) is 4. The minimum absolute atomic E-state index is 0.0256. The van der Waals surface area contributed by atoms with Gasteiger partial charge in [-0.05, 0) is 37.0 Å². The van der Waals surface area contributed by atoms with Crippen LogP contribution in [0.15, 0.2) is 24.3 Å². The first-order chi connectivity index (χ1) is 12.2. The lowest BCUT2D eigenvalue weighted by Gasteiger charge is -2.40. The van der Waals surface area contributed by atoms with Gasteiger partial charge in [0.1, 0.15) is 5.75 Å². The predicted molar refractivity (Wildman–Crippen MR) is 105 cm³/mol. The first-order valence-electron chi connectivity index (χ1n) is 9.51. The summed E-state index contributed by atoms with van der Waals surface area (Å²) in [7, 11) is 0. The zero-order valence-electron chi connectivity index (χ0n) is 16.9. The highest BCUT2D eigenvalue weighted by Gasteiger charge is 2.28. The number of nitrogens with one attached hydrogen (secondary N) is 1. The second kappa shape index (κ2) is 8.87. The van der Waals surface area contributed by atoms with E-state index >= 15 is 0 Å². The van der Waals surface area contributed by atoms with Gasteiger partial charge in [-0.25, -0.2) is 0 Å². The molecule has 1 N–H and O–H groups in total. The summed E-state index contributed by atoms with van der Waals surface area (Å²) in [5, 5.41) is 3.03. The Morgan fingerprint density at radius 1 is 1.12 bits per heavy atom. The summed E-state index contributed by atoms with van der Waals surface area (Å²) in [6.45, 7) is 15.2. The standard InChI is InChI=1S/C21H34N2O3/c1-20(2,3)17-6-8-18(9-7-17)26-13-10-19(24)22-16-21(4,5)23-11-14-25-15-12-23/h6-9H,10-16H2,1-5H3,(H,22,24). The predicted octanol–water partition coefficient (Wildman–Crippen LogP) is 2.98. The third-order valence-corrected chi connectivity index (χ3v) is 4.90. The fraction of sp³-hybridized carbons (Fsp3) is 0.667. The zero-order chi connectivity index (χ0) is 19.2. The molecule has 1 aliphatic rings. The van der Waals surface area contributed by atoms with Gasteiger partial charge in [0, 0.05) is 25.2 Å². The number of rotatable bonds is 7. The van der Waals surface area contributed by atoms with E-state index in [4.69, 9.17) is 9.47 Å². The van der Waals surface area contributed by atoms with Crippen molar-refractivity contribution in [2.45, 2.75) is 52.0 Å². The van der Waals surface area contributed by atoms with Crippen LogP contribution in [0.1, 0.15) is 46.6 Å². The van der Waals surface area contributed by atoms with Crippen molar-refractivity contribution >= 4 is 5.91 Å². The van der Waals surface area contributed by atoms with Crippen molar-refractivity contribution in [1.82, 2.24) is 10.2 Å². The molecule has 0 unspecified atom stereocenters. The molecule has 146 valence electrons. The summed E-state index contributed by atoms with van der Waals surface area (Å²) < 4.78 is 11.1. The molecule has 0 atom stereocenters. The molecule has 0 spiro atoms. The van der Waals surface area contributed by atoms with Crippen molar-refractivity contribution in [1.29, 1.82) is 0 Å².